The molecule has 16 heavy (non-hydrogen) atoms. The third-order valence-corrected chi connectivity index (χ3v) is 2.32. The van der Waals surface area contributed by atoms with Crippen LogP contribution in [0.2, 0.25) is 0 Å². The summed E-state index contributed by atoms with van der Waals surface area (Å²) in [6.07, 6.45) is 1.02. The summed E-state index contributed by atoms with van der Waals surface area (Å²) in [7, 11) is 3.26. The predicted octanol–water partition coefficient (Wildman–Crippen LogP) is 3.13. The summed E-state index contributed by atoms with van der Waals surface area (Å²) in [4.78, 5) is 0. The second-order valence-electron chi connectivity index (χ2n) is 4.02. The first-order chi connectivity index (χ1) is 7.69. The van der Waals surface area contributed by atoms with E-state index in [1.165, 1.54) is 0 Å². The molecule has 1 aromatic rings. The average molecular weight is 224 g/mol. The Labute approximate surface area is 97.3 Å². The predicted molar refractivity (Wildman–Crippen MR) is 64.5 cm³/mol. The van der Waals surface area contributed by atoms with Crippen molar-refractivity contribution >= 4 is 0 Å². The Kier molecular flexibility index (Phi) is 4.96. The Hall–Kier alpha value is -1.38. The minimum atomic E-state index is 0.626. The van der Waals surface area contributed by atoms with Crippen molar-refractivity contribution in [3.63, 3.8) is 0 Å². The Morgan fingerprint density at radius 1 is 1.06 bits per heavy atom. The van der Waals surface area contributed by atoms with Gasteiger partial charge in [-0.2, -0.15) is 0 Å². The highest BCUT2D eigenvalue weighted by Gasteiger charge is 2.10. The molecule has 0 unspecified atom stereocenters. The Morgan fingerprint density at radius 2 is 1.62 bits per heavy atom. The van der Waals surface area contributed by atoms with Crippen LogP contribution < -0.4 is 14.2 Å². The highest BCUT2D eigenvalue weighted by atomic mass is 16.5. The fraction of sp³-hybridized carbons (Fsp3) is 0.538. The zero-order valence-corrected chi connectivity index (χ0v) is 10.4. The summed E-state index contributed by atoms with van der Waals surface area (Å²) < 4.78 is 16.2. The van der Waals surface area contributed by atoms with E-state index in [2.05, 4.69) is 13.8 Å². The van der Waals surface area contributed by atoms with Gasteiger partial charge in [-0.3, -0.25) is 0 Å². The monoisotopic (exact) mass is 224 g/mol. The fourth-order valence-corrected chi connectivity index (χ4v) is 1.36. The number of hydrogen-bond donors (Lipinski definition) is 0. The molecule has 3 nitrogen and oxygen atoms in total. The van der Waals surface area contributed by atoms with Crippen LogP contribution in [0.5, 0.6) is 17.2 Å². The van der Waals surface area contributed by atoms with Gasteiger partial charge < -0.3 is 14.2 Å². The molecule has 0 atom stereocenters. The van der Waals surface area contributed by atoms with Crippen molar-refractivity contribution in [1.82, 2.24) is 0 Å². The molecule has 0 N–H and O–H groups in total. The van der Waals surface area contributed by atoms with Crippen LogP contribution in [0.1, 0.15) is 20.3 Å². The normalized spacial score (nSPS) is 10.3. The minimum absolute atomic E-state index is 0.626. The second-order valence-corrected chi connectivity index (χ2v) is 4.02. The summed E-state index contributed by atoms with van der Waals surface area (Å²) in [6.45, 7) is 5.01. The highest BCUT2D eigenvalue weighted by molar-refractivity contribution is 5.51. The van der Waals surface area contributed by atoms with Crippen LogP contribution >= 0.6 is 0 Å². The molecule has 0 aliphatic carbocycles. The molecule has 0 fully saturated rings. The molecule has 1 aromatic carbocycles. The van der Waals surface area contributed by atoms with Crippen LogP contribution in [0.25, 0.3) is 0 Å². The molecule has 1 rings (SSSR count). The molecule has 0 amide bonds. The molecule has 0 radical (unpaired) electrons. The lowest BCUT2D eigenvalue weighted by Crippen LogP contribution is -2.04. The average Bonchev–Trinajstić information content (AvgIpc) is 2.28. The van der Waals surface area contributed by atoms with Crippen LogP contribution in [-0.4, -0.2) is 20.8 Å². The molecule has 0 heterocycles. The van der Waals surface area contributed by atoms with Gasteiger partial charge >= 0.3 is 0 Å². The molecule has 0 aliphatic heterocycles. The number of hydrogen-bond acceptors (Lipinski definition) is 3. The van der Waals surface area contributed by atoms with Crippen molar-refractivity contribution in [2.75, 3.05) is 20.8 Å². The topological polar surface area (TPSA) is 27.7 Å². The lowest BCUT2D eigenvalue weighted by atomic mass is 10.1. The maximum Gasteiger partial charge on any atom is 0.203 e. The smallest absolute Gasteiger partial charge is 0.203 e. The number of para-hydroxylation sites is 1. The number of benzene rings is 1. The molecule has 3 heteroatoms. The fourth-order valence-electron chi connectivity index (χ4n) is 1.36. The van der Waals surface area contributed by atoms with Gasteiger partial charge in [0.1, 0.15) is 0 Å². The molecule has 0 saturated heterocycles. The largest absolute Gasteiger partial charge is 0.493 e. The second kappa shape index (κ2) is 6.26. The van der Waals surface area contributed by atoms with Gasteiger partial charge in [-0.15, -0.1) is 0 Å². The summed E-state index contributed by atoms with van der Waals surface area (Å²) in [5.74, 6) is 2.74. The van der Waals surface area contributed by atoms with E-state index in [-0.39, 0.29) is 0 Å². The van der Waals surface area contributed by atoms with E-state index in [1.54, 1.807) is 14.2 Å². The van der Waals surface area contributed by atoms with Gasteiger partial charge in [0, 0.05) is 0 Å². The standard InChI is InChI=1S/C13H20O3/c1-10(2)8-9-16-13-11(14-3)6-5-7-12(13)15-4/h5-7,10H,8-9H2,1-4H3. The maximum absolute atomic E-state index is 5.71. The molecule has 0 aliphatic rings. The van der Waals surface area contributed by atoms with Crippen molar-refractivity contribution in [3.05, 3.63) is 18.2 Å². The number of rotatable bonds is 6. The van der Waals surface area contributed by atoms with E-state index in [9.17, 15) is 0 Å². The first-order valence-corrected chi connectivity index (χ1v) is 5.52. The zero-order valence-electron chi connectivity index (χ0n) is 10.4. The lowest BCUT2D eigenvalue weighted by molar-refractivity contribution is 0.257. The SMILES string of the molecule is COc1cccc(OC)c1OCCC(C)C. The van der Waals surface area contributed by atoms with E-state index in [0.29, 0.717) is 29.8 Å². The van der Waals surface area contributed by atoms with Gasteiger partial charge in [0.25, 0.3) is 0 Å². The van der Waals surface area contributed by atoms with Gasteiger partial charge in [0.05, 0.1) is 20.8 Å². The molecule has 0 bridgehead atoms. The Bertz CT molecular complexity index is 299. The molecular weight excluding hydrogens is 204 g/mol. The van der Waals surface area contributed by atoms with Crippen LogP contribution in [0.3, 0.4) is 0 Å². The van der Waals surface area contributed by atoms with E-state index in [1.807, 2.05) is 18.2 Å². The maximum atomic E-state index is 5.71. The summed E-state index contributed by atoms with van der Waals surface area (Å²) in [5, 5.41) is 0. The van der Waals surface area contributed by atoms with Gasteiger partial charge in [-0.05, 0) is 24.5 Å². The molecule has 0 spiro atoms. The third kappa shape index (κ3) is 3.33. The van der Waals surface area contributed by atoms with Gasteiger partial charge in [-0.25, -0.2) is 0 Å². The summed E-state index contributed by atoms with van der Waals surface area (Å²) >= 11 is 0. The zero-order chi connectivity index (χ0) is 12.0. The number of ether oxygens (including phenoxy) is 3. The quantitative estimate of drug-likeness (QED) is 0.743. The van der Waals surface area contributed by atoms with Crippen molar-refractivity contribution < 1.29 is 14.2 Å². The summed E-state index contributed by atoms with van der Waals surface area (Å²) in [5.41, 5.74) is 0. The Morgan fingerprint density at radius 3 is 2.06 bits per heavy atom. The molecular formula is C13H20O3. The van der Waals surface area contributed by atoms with E-state index < -0.39 is 0 Å². The van der Waals surface area contributed by atoms with Crippen molar-refractivity contribution in [3.8, 4) is 17.2 Å². The van der Waals surface area contributed by atoms with Gasteiger partial charge in [0.15, 0.2) is 11.5 Å². The first-order valence-electron chi connectivity index (χ1n) is 5.52. The van der Waals surface area contributed by atoms with Gasteiger partial charge in [-0.1, -0.05) is 19.9 Å². The van der Waals surface area contributed by atoms with Crippen molar-refractivity contribution in [2.45, 2.75) is 20.3 Å². The van der Waals surface area contributed by atoms with Crippen LogP contribution in [0.4, 0.5) is 0 Å². The Balaban J connectivity index is 2.74. The van der Waals surface area contributed by atoms with Crippen molar-refractivity contribution in [1.29, 1.82) is 0 Å². The molecule has 90 valence electrons. The lowest BCUT2D eigenvalue weighted by Gasteiger charge is -2.14. The van der Waals surface area contributed by atoms with Crippen LogP contribution in [0.15, 0.2) is 18.2 Å². The minimum Gasteiger partial charge on any atom is -0.493 e. The van der Waals surface area contributed by atoms with E-state index >= 15 is 0 Å². The third-order valence-electron chi connectivity index (χ3n) is 2.32. The van der Waals surface area contributed by atoms with Gasteiger partial charge in [0.2, 0.25) is 5.75 Å². The first kappa shape index (κ1) is 12.7. The molecule has 0 aromatic heterocycles. The van der Waals surface area contributed by atoms with E-state index in [4.69, 9.17) is 14.2 Å². The van der Waals surface area contributed by atoms with Crippen LogP contribution in [-0.2, 0) is 0 Å². The number of methoxy groups -OCH3 is 2. The van der Waals surface area contributed by atoms with Crippen molar-refractivity contribution in [2.24, 2.45) is 5.92 Å². The summed E-state index contributed by atoms with van der Waals surface area (Å²) in [6, 6.07) is 5.62. The highest BCUT2D eigenvalue weighted by Crippen LogP contribution is 2.36. The molecule has 0 saturated carbocycles. The van der Waals surface area contributed by atoms with E-state index in [0.717, 1.165) is 6.42 Å². The van der Waals surface area contributed by atoms with Crippen LogP contribution in [0, 0.1) is 5.92 Å².